The summed E-state index contributed by atoms with van der Waals surface area (Å²) in [5.74, 6) is 0.517. The molecule has 0 aliphatic carbocycles. The van der Waals surface area contributed by atoms with Crippen LogP contribution in [0.2, 0.25) is 5.02 Å². The highest BCUT2D eigenvalue weighted by atomic mass is 35.5. The number of amides is 1. The number of ether oxygens (including phenoxy) is 2. The topological polar surface area (TPSA) is 121 Å². The van der Waals surface area contributed by atoms with E-state index in [1.54, 1.807) is 24.3 Å². The third-order valence-electron chi connectivity index (χ3n) is 4.78. The van der Waals surface area contributed by atoms with Crippen LogP contribution in [0.4, 0.5) is 11.4 Å². The number of aromatic nitrogens is 3. The van der Waals surface area contributed by atoms with Gasteiger partial charge >= 0.3 is 0 Å². The maximum atomic E-state index is 12.4. The average Bonchev–Trinajstić information content (AvgIpc) is 3.20. The van der Waals surface area contributed by atoms with Crippen LogP contribution in [0.3, 0.4) is 0 Å². The number of nitrogens with zero attached hydrogens (tertiary/aromatic N) is 4. The van der Waals surface area contributed by atoms with Crippen molar-refractivity contribution in [3.63, 3.8) is 0 Å². The van der Waals surface area contributed by atoms with E-state index in [0.717, 1.165) is 5.56 Å². The first kappa shape index (κ1) is 22.0. The van der Waals surface area contributed by atoms with E-state index >= 15 is 0 Å². The van der Waals surface area contributed by atoms with E-state index in [1.165, 1.54) is 36.2 Å². The van der Waals surface area contributed by atoms with Gasteiger partial charge in [0.25, 0.3) is 11.6 Å². The van der Waals surface area contributed by atoms with E-state index in [1.807, 2.05) is 13.0 Å². The Hall–Kier alpha value is -4.18. The van der Waals surface area contributed by atoms with Gasteiger partial charge in [-0.3, -0.25) is 14.9 Å². The minimum absolute atomic E-state index is 0.0549. The van der Waals surface area contributed by atoms with Gasteiger partial charge in [0, 0.05) is 17.8 Å². The van der Waals surface area contributed by atoms with Crippen molar-refractivity contribution in [2.75, 3.05) is 19.0 Å². The second-order valence-electron chi connectivity index (χ2n) is 7.05. The van der Waals surface area contributed by atoms with Crippen molar-refractivity contribution in [2.24, 2.45) is 0 Å². The molecule has 4 aromatic rings. The monoisotopic (exact) mass is 467 g/mol. The molecule has 3 aromatic carbocycles. The number of anilines is 1. The summed E-state index contributed by atoms with van der Waals surface area (Å²) in [5, 5.41) is 22.9. The highest BCUT2D eigenvalue weighted by Gasteiger charge is 2.13. The van der Waals surface area contributed by atoms with Crippen molar-refractivity contribution >= 4 is 39.9 Å². The number of nitrogens with one attached hydrogen (secondary N) is 1. The van der Waals surface area contributed by atoms with E-state index in [-0.39, 0.29) is 18.2 Å². The Kier molecular flexibility index (Phi) is 6.09. The summed E-state index contributed by atoms with van der Waals surface area (Å²) < 4.78 is 10.6. The Morgan fingerprint density at radius 2 is 1.82 bits per heavy atom. The molecule has 1 heterocycles. The summed E-state index contributed by atoms with van der Waals surface area (Å²) in [5.41, 5.74) is 3.21. The molecule has 0 aliphatic rings. The summed E-state index contributed by atoms with van der Waals surface area (Å²) in [6.45, 7) is 1.59. The number of carbonyl (C=O) groups is 1. The molecule has 0 unspecified atom stereocenters. The van der Waals surface area contributed by atoms with E-state index < -0.39 is 4.92 Å². The maximum absolute atomic E-state index is 12.4. The molecule has 10 nitrogen and oxygen atoms in total. The van der Waals surface area contributed by atoms with Crippen molar-refractivity contribution in [1.29, 1.82) is 0 Å². The number of methoxy groups -OCH3 is 1. The molecule has 168 valence electrons. The van der Waals surface area contributed by atoms with Gasteiger partial charge in [0.1, 0.15) is 22.5 Å². The van der Waals surface area contributed by atoms with Gasteiger partial charge in [-0.05, 0) is 55.0 Å². The Bertz CT molecular complexity index is 1350. The van der Waals surface area contributed by atoms with Crippen molar-refractivity contribution in [1.82, 2.24) is 15.0 Å². The molecule has 33 heavy (non-hydrogen) atoms. The number of non-ortho nitro benzene ring substituents is 1. The fraction of sp³-hybridized carbons (Fsp3) is 0.136. The summed E-state index contributed by atoms with van der Waals surface area (Å²) in [4.78, 5) is 24.0. The van der Waals surface area contributed by atoms with Gasteiger partial charge in [-0.25, -0.2) is 0 Å². The van der Waals surface area contributed by atoms with Crippen LogP contribution in [0.15, 0.2) is 54.6 Å². The predicted molar refractivity (Wildman–Crippen MR) is 122 cm³/mol. The second kappa shape index (κ2) is 9.13. The lowest BCUT2D eigenvalue weighted by molar-refractivity contribution is -0.384. The number of nitro groups is 1. The van der Waals surface area contributed by atoms with Gasteiger partial charge in [0.05, 0.1) is 22.7 Å². The fourth-order valence-electron chi connectivity index (χ4n) is 3.10. The largest absolute Gasteiger partial charge is 0.495 e. The molecule has 4 rings (SSSR count). The summed E-state index contributed by atoms with van der Waals surface area (Å²) in [6.07, 6.45) is 0. The molecule has 0 aliphatic heterocycles. The van der Waals surface area contributed by atoms with Crippen molar-refractivity contribution in [2.45, 2.75) is 6.92 Å². The van der Waals surface area contributed by atoms with E-state index in [4.69, 9.17) is 21.1 Å². The second-order valence-corrected chi connectivity index (χ2v) is 7.46. The SMILES string of the molecule is COc1ccc(-n2nc3cc(C)c(NC(=O)COc4ccc([N+](=O)[O-])cc4)cc3n2)cc1Cl. The number of halogens is 1. The van der Waals surface area contributed by atoms with Crippen molar-refractivity contribution < 1.29 is 19.2 Å². The first-order chi connectivity index (χ1) is 15.8. The zero-order valence-corrected chi connectivity index (χ0v) is 18.4. The molecule has 1 N–H and O–H groups in total. The number of nitro benzene ring substituents is 1. The molecule has 1 aromatic heterocycles. The molecule has 0 saturated heterocycles. The van der Waals surface area contributed by atoms with Crippen LogP contribution in [-0.2, 0) is 4.79 Å². The van der Waals surface area contributed by atoms with Gasteiger partial charge < -0.3 is 14.8 Å². The Morgan fingerprint density at radius 1 is 1.12 bits per heavy atom. The predicted octanol–water partition coefficient (Wildman–Crippen LogP) is 4.32. The first-order valence-electron chi connectivity index (χ1n) is 9.73. The normalized spacial score (nSPS) is 10.8. The average molecular weight is 468 g/mol. The van der Waals surface area contributed by atoms with Crippen LogP contribution >= 0.6 is 11.6 Å². The third-order valence-corrected chi connectivity index (χ3v) is 5.08. The molecule has 0 atom stereocenters. The van der Waals surface area contributed by atoms with Gasteiger partial charge in [0.15, 0.2) is 6.61 Å². The number of benzene rings is 3. The molecule has 1 amide bonds. The van der Waals surface area contributed by atoms with E-state index in [0.29, 0.717) is 38.9 Å². The fourth-order valence-corrected chi connectivity index (χ4v) is 3.35. The van der Waals surface area contributed by atoms with Crippen LogP contribution < -0.4 is 14.8 Å². The molecule has 0 fully saturated rings. The molecule has 0 saturated carbocycles. The minimum atomic E-state index is -0.505. The molecular weight excluding hydrogens is 450 g/mol. The van der Waals surface area contributed by atoms with E-state index in [9.17, 15) is 14.9 Å². The number of hydrogen-bond donors (Lipinski definition) is 1. The number of hydrogen-bond acceptors (Lipinski definition) is 7. The van der Waals surface area contributed by atoms with Crippen LogP contribution in [0.1, 0.15) is 5.56 Å². The van der Waals surface area contributed by atoms with Crippen molar-refractivity contribution in [3.8, 4) is 17.2 Å². The number of rotatable bonds is 7. The maximum Gasteiger partial charge on any atom is 0.269 e. The quantitative estimate of drug-likeness (QED) is 0.317. The number of carbonyl (C=O) groups excluding carboxylic acids is 1. The lowest BCUT2D eigenvalue weighted by atomic mass is 10.1. The lowest BCUT2D eigenvalue weighted by Gasteiger charge is -2.09. The van der Waals surface area contributed by atoms with Gasteiger partial charge in [-0.15, -0.1) is 10.2 Å². The molecule has 0 bridgehead atoms. The summed E-state index contributed by atoms with van der Waals surface area (Å²) in [7, 11) is 1.54. The zero-order valence-electron chi connectivity index (χ0n) is 17.6. The number of aryl methyl sites for hydroxylation is 1. The standard InChI is InChI=1S/C22H18ClN5O5/c1-13-9-19-20(26-27(25-19)15-5-8-21(32-2)17(23)10-15)11-18(13)24-22(29)12-33-16-6-3-14(4-7-16)28(30)31/h3-11H,12H2,1-2H3,(H,24,29). The lowest BCUT2D eigenvalue weighted by Crippen LogP contribution is -2.20. The third kappa shape index (κ3) is 4.85. The molecule has 0 spiro atoms. The van der Waals surface area contributed by atoms with Gasteiger partial charge in [-0.2, -0.15) is 4.80 Å². The van der Waals surface area contributed by atoms with Crippen LogP contribution in [0.25, 0.3) is 16.7 Å². The Morgan fingerprint density at radius 3 is 2.45 bits per heavy atom. The highest BCUT2D eigenvalue weighted by Crippen LogP contribution is 2.27. The van der Waals surface area contributed by atoms with Crippen LogP contribution in [0, 0.1) is 17.0 Å². The van der Waals surface area contributed by atoms with Gasteiger partial charge in [0.2, 0.25) is 0 Å². The molecule has 0 radical (unpaired) electrons. The van der Waals surface area contributed by atoms with E-state index in [2.05, 4.69) is 15.5 Å². The summed E-state index contributed by atoms with van der Waals surface area (Å²) in [6, 6.07) is 14.3. The molecule has 11 heteroatoms. The Balaban J connectivity index is 1.47. The number of fused-ring (bicyclic) bond motifs is 1. The minimum Gasteiger partial charge on any atom is -0.495 e. The zero-order chi connectivity index (χ0) is 23.5. The van der Waals surface area contributed by atoms with Crippen LogP contribution in [0.5, 0.6) is 11.5 Å². The highest BCUT2D eigenvalue weighted by molar-refractivity contribution is 6.32. The summed E-state index contributed by atoms with van der Waals surface area (Å²) >= 11 is 6.20. The van der Waals surface area contributed by atoms with Crippen LogP contribution in [-0.4, -0.2) is 39.5 Å². The Labute approximate surface area is 192 Å². The van der Waals surface area contributed by atoms with Gasteiger partial charge in [-0.1, -0.05) is 11.6 Å². The smallest absolute Gasteiger partial charge is 0.269 e. The first-order valence-corrected chi connectivity index (χ1v) is 10.1. The molecular formula is C22H18ClN5O5. The van der Waals surface area contributed by atoms with Crippen molar-refractivity contribution in [3.05, 3.63) is 75.3 Å².